The van der Waals surface area contributed by atoms with Crippen LogP contribution < -0.4 is 0 Å². The van der Waals surface area contributed by atoms with Crippen LogP contribution in [0.4, 0.5) is 4.79 Å². The molecule has 1 atom stereocenters. The molecule has 3 heteroatoms. The Bertz CT molecular complexity index is 635. The zero-order chi connectivity index (χ0) is 15.9. The van der Waals surface area contributed by atoms with E-state index in [1.54, 1.807) is 19.0 Å². The second kappa shape index (κ2) is 7.85. The molecular formula is C19H21NOS. The van der Waals surface area contributed by atoms with Crippen molar-refractivity contribution in [3.63, 3.8) is 0 Å². The topological polar surface area (TPSA) is 20.3 Å². The van der Waals surface area contributed by atoms with Crippen LogP contribution in [0.3, 0.4) is 0 Å². The maximum atomic E-state index is 12.1. The Balaban J connectivity index is 2.30. The first kappa shape index (κ1) is 16.4. The Morgan fingerprint density at radius 1 is 1.00 bits per heavy atom. The maximum absolute atomic E-state index is 12.1. The lowest BCUT2D eigenvalue weighted by atomic mass is 10.0. The standard InChI is InChI=1S/C19H21NOS/c1-15(16-10-6-4-7-11-16)14-18(22-19(21)20(2)3)17-12-8-5-9-13-17/h4-14,18H,1-3H3. The minimum absolute atomic E-state index is 0.0105. The summed E-state index contributed by atoms with van der Waals surface area (Å²) in [6.45, 7) is 2.09. The molecule has 2 aromatic rings. The summed E-state index contributed by atoms with van der Waals surface area (Å²) in [5.74, 6) is 0. The van der Waals surface area contributed by atoms with Gasteiger partial charge in [-0.2, -0.15) is 0 Å². The molecule has 2 rings (SSSR count). The van der Waals surface area contributed by atoms with Gasteiger partial charge in [0.05, 0.1) is 5.25 Å². The first-order valence-corrected chi connectivity index (χ1v) is 8.12. The van der Waals surface area contributed by atoms with Gasteiger partial charge in [-0.15, -0.1) is 0 Å². The van der Waals surface area contributed by atoms with Crippen LogP contribution in [-0.2, 0) is 0 Å². The van der Waals surface area contributed by atoms with Gasteiger partial charge < -0.3 is 4.90 Å². The lowest BCUT2D eigenvalue weighted by Gasteiger charge is -2.17. The molecule has 0 N–H and O–H groups in total. The van der Waals surface area contributed by atoms with E-state index in [2.05, 4.69) is 37.3 Å². The Hall–Kier alpha value is -2.00. The van der Waals surface area contributed by atoms with Crippen LogP contribution in [0, 0.1) is 0 Å². The molecule has 0 aliphatic rings. The minimum atomic E-state index is 0.0105. The quantitative estimate of drug-likeness (QED) is 0.769. The molecular weight excluding hydrogens is 290 g/mol. The fraction of sp³-hybridized carbons (Fsp3) is 0.211. The van der Waals surface area contributed by atoms with Crippen LogP contribution in [0.5, 0.6) is 0 Å². The lowest BCUT2D eigenvalue weighted by Crippen LogP contribution is -2.17. The monoisotopic (exact) mass is 311 g/mol. The highest BCUT2D eigenvalue weighted by molar-refractivity contribution is 8.13. The van der Waals surface area contributed by atoms with Crippen molar-refractivity contribution in [1.29, 1.82) is 0 Å². The first-order chi connectivity index (χ1) is 10.6. The molecule has 2 nitrogen and oxygen atoms in total. The number of allylic oxidation sites excluding steroid dienone is 1. The molecule has 0 aliphatic heterocycles. The van der Waals surface area contributed by atoms with E-state index in [-0.39, 0.29) is 10.5 Å². The molecule has 22 heavy (non-hydrogen) atoms. The van der Waals surface area contributed by atoms with Crippen LogP contribution in [0.15, 0.2) is 66.7 Å². The minimum Gasteiger partial charge on any atom is -0.340 e. The van der Waals surface area contributed by atoms with Gasteiger partial charge in [0, 0.05) is 14.1 Å². The second-order valence-electron chi connectivity index (χ2n) is 5.33. The summed E-state index contributed by atoms with van der Waals surface area (Å²) < 4.78 is 0. The van der Waals surface area contributed by atoms with Crippen LogP contribution in [0.2, 0.25) is 0 Å². The second-order valence-corrected chi connectivity index (χ2v) is 6.42. The number of carbonyl (C=O) groups excluding carboxylic acids is 1. The largest absolute Gasteiger partial charge is 0.340 e. The molecule has 2 aromatic carbocycles. The molecule has 0 radical (unpaired) electrons. The summed E-state index contributed by atoms with van der Waals surface area (Å²) in [5, 5.41) is 0.0715. The third-order valence-corrected chi connectivity index (χ3v) is 4.58. The molecule has 0 bridgehead atoms. The number of amides is 1. The highest BCUT2D eigenvalue weighted by Crippen LogP contribution is 2.34. The average Bonchev–Trinajstić information content (AvgIpc) is 2.55. The molecule has 0 fully saturated rings. The van der Waals surface area contributed by atoms with Crippen molar-refractivity contribution in [3.05, 3.63) is 77.9 Å². The molecule has 0 aliphatic carbocycles. The van der Waals surface area contributed by atoms with Crippen molar-refractivity contribution < 1.29 is 4.79 Å². The van der Waals surface area contributed by atoms with E-state index >= 15 is 0 Å². The van der Waals surface area contributed by atoms with E-state index in [4.69, 9.17) is 0 Å². The smallest absolute Gasteiger partial charge is 0.282 e. The highest BCUT2D eigenvalue weighted by atomic mass is 32.2. The summed E-state index contributed by atoms with van der Waals surface area (Å²) in [7, 11) is 3.57. The zero-order valence-corrected chi connectivity index (χ0v) is 14.0. The summed E-state index contributed by atoms with van der Waals surface area (Å²) in [6, 6.07) is 20.4. The van der Waals surface area contributed by atoms with Gasteiger partial charge in [-0.05, 0) is 23.6 Å². The van der Waals surface area contributed by atoms with Gasteiger partial charge in [0.1, 0.15) is 0 Å². The number of benzene rings is 2. The predicted octanol–water partition coefficient (Wildman–Crippen LogP) is 5.25. The fourth-order valence-corrected chi connectivity index (χ4v) is 3.07. The number of hydrogen-bond acceptors (Lipinski definition) is 2. The fourth-order valence-electron chi connectivity index (χ4n) is 2.08. The van der Waals surface area contributed by atoms with Crippen molar-refractivity contribution in [1.82, 2.24) is 4.90 Å². The zero-order valence-electron chi connectivity index (χ0n) is 13.2. The lowest BCUT2D eigenvalue weighted by molar-refractivity contribution is 0.241. The summed E-state index contributed by atoms with van der Waals surface area (Å²) in [5.41, 5.74) is 3.49. The Morgan fingerprint density at radius 3 is 2.09 bits per heavy atom. The third-order valence-electron chi connectivity index (χ3n) is 3.35. The van der Waals surface area contributed by atoms with Crippen LogP contribution in [0.1, 0.15) is 23.3 Å². The van der Waals surface area contributed by atoms with E-state index < -0.39 is 0 Å². The SMILES string of the molecule is CC(=CC(SC(=O)N(C)C)c1ccccc1)c1ccccc1. The molecule has 0 aromatic heterocycles. The van der Waals surface area contributed by atoms with Gasteiger partial charge in [0.2, 0.25) is 0 Å². The average molecular weight is 311 g/mol. The maximum Gasteiger partial charge on any atom is 0.282 e. The van der Waals surface area contributed by atoms with Crippen molar-refractivity contribution in [2.45, 2.75) is 12.2 Å². The number of thioether (sulfide) groups is 1. The normalized spacial score (nSPS) is 12.8. The van der Waals surface area contributed by atoms with Gasteiger partial charge >= 0.3 is 0 Å². The van der Waals surface area contributed by atoms with Gasteiger partial charge in [-0.3, -0.25) is 4.79 Å². The molecule has 0 spiro atoms. The van der Waals surface area contributed by atoms with Gasteiger partial charge in [-0.1, -0.05) is 78.5 Å². The highest BCUT2D eigenvalue weighted by Gasteiger charge is 2.16. The van der Waals surface area contributed by atoms with Crippen molar-refractivity contribution in [2.75, 3.05) is 14.1 Å². The van der Waals surface area contributed by atoms with E-state index in [9.17, 15) is 4.79 Å². The molecule has 1 unspecified atom stereocenters. The third kappa shape index (κ3) is 4.50. The van der Waals surface area contributed by atoms with Gasteiger partial charge in [-0.25, -0.2) is 0 Å². The van der Waals surface area contributed by atoms with Crippen molar-refractivity contribution in [3.8, 4) is 0 Å². The van der Waals surface area contributed by atoms with Crippen molar-refractivity contribution >= 4 is 22.6 Å². The van der Waals surface area contributed by atoms with E-state index in [1.807, 2.05) is 36.4 Å². The first-order valence-electron chi connectivity index (χ1n) is 7.24. The molecule has 0 saturated carbocycles. The number of nitrogens with zero attached hydrogens (tertiary/aromatic N) is 1. The summed E-state index contributed by atoms with van der Waals surface area (Å²) in [6.07, 6.45) is 2.16. The summed E-state index contributed by atoms with van der Waals surface area (Å²) >= 11 is 1.34. The Labute approximate surface area is 136 Å². The molecule has 0 saturated heterocycles. The molecule has 114 valence electrons. The Kier molecular flexibility index (Phi) is 5.84. The number of hydrogen-bond donors (Lipinski definition) is 0. The van der Waals surface area contributed by atoms with E-state index in [1.165, 1.54) is 22.9 Å². The van der Waals surface area contributed by atoms with Gasteiger partial charge in [0.25, 0.3) is 5.24 Å². The molecule has 1 amide bonds. The van der Waals surface area contributed by atoms with E-state index in [0.717, 1.165) is 5.56 Å². The number of rotatable bonds is 4. The van der Waals surface area contributed by atoms with Crippen LogP contribution in [0.25, 0.3) is 5.57 Å². The number of carbonyl (C=O) groups is 1. The van der Waals surface area contributed by atoms with E-state index in [0.29, 0.717) is 0 Å². The van der Waals surface area contributed by atoms with Crippen molar-refractivity contribution in [2.24, 2.45) is 0 Å². The summed E-state index contributed by atoms with van der Waals surface area (Å²) in [4.78, 5) is 13.7. The Morgan fingerprint density at radius 2 is 1.55 bits per heavy atom. The van der Waals surface area contributed by atoms with Crippen LogP contribution >= 0.6 is 11.8 Å². The van der Waals surface area contributed by atoms with Gasteiger partial charge in [0.15, 0.2) is 0 Å². The predicted molar refractivity (Wildman–Crippen MR) is 96.0 cm³/mol. The van der Waals surface area contributed by atoms with Crippen LogP contribution in [-0.4, -0.2) is 24.2 Å². The molecule has 0 heterocycles.